The molecule has 0 saturated heterocycles. The summed E-state index contributed by atoms with van der Waals surface area (Å²) in [6.45, 7) is 3.53. The van der Waals surface area contributed by atoms with E-state index in [0.29, 0.717) is 27.3 Å². The molecule has 0 bridgehead atoms. The standard InChI is InChI=1S/C22H23ClN4O4S/c1-13(2)31-21(29)15-7-10-17(23)18(11-15)24-19(28)12-32-22-26-25-20(27(22)3)14-5-8-16(30-4)9-6-14/h5-11,13H,12H2,1-4H3,(H,24,28). The van der Waals surface area contributed by atoms with E-state index in [1.165, 1.54) is 17.8 Å². The zero-order chi connectivity index (χ0) is 23.3. The second-order valence-electron chi connectivity index (χ2n) is 7.08. The third-order valence-electron chi connectivity index (χ3n) is 4.33. The Morgan fingerprint density at radius 3 is 2.53 bits per heavy atom. The van der Waals surface area contributed by atoms with Gasteiger partial charge in [-0.05, 0) is 56.3 Å². The molecule has 0 aliphatic carbocycles. The number of nitrogens with zero attached hydrogens (tertiary/aromatic N) is 3. The minimum Gasteiger partial charge on any atom is -0.497 e. The fourth-order valence-corrected chi connectivity index (χ4v) is 3.65. The number of methoxy groups -OCH3 is 1. The van der Waals surface area contributed by atoms with Gasteiger partial charge in [0, 0.05) is 12.6 Å². The van der Waals surface area contributed by atoms with Crippen LogP contribution in [0.3, 0.4) is 0 Å². The summed E-state index contributed by atoms with van der Waals surface area (Å²) in [6.07, 6.45) is -0.248. The molecule has 0 spiro atoms. The predicted molar refractivity (Wildman–Crippen MR) is 124 cm³/mol. The van der Waals surface area contributed by atoms with Crippen LogP contribution in [0.1, 0.15) is 24.2 Å². The average Bonchev–Trinajstić information content (AvgIpc) is 3.13. The zero-order valence-electron chi connectivity index (χ0n) is 18.1. The van der Waals surface area contributed by atoms with Gasteiger partial charge < -0.3 is 19.4 Å². The van der Waals surface area contributed by atoms with Crippen LogP contribution in [-0.2, 0) is 16.6 Å². The normalized spacial score (nSPS) is 10.8. The Kier molecular flexibility index (Phi) is 7.76. The number of halogens is 1. The van der Waals surface area contributed by atoms with Gasteiger partial charge in [0.25, 0.3) is 0 Å². The fraction of sp³-hybridized carbons (Fsp3) is 0.273. The van der Waals surface area contributed by atoms with Gasteiger partial charge in [-0.1, -0.05) is 23.4 Å². The van der Waals surface area contributed by atoms with Crippen LogP contribution >= 0.6 is 23.4 Å². The first-order valence-electron chi connectivity index (χ1n) is 9.75. The van der Waals surface area contributed by atoms with Crippen molar-refractivity contribution in [2.24, 2.45) is 7.05 Å². The summed E-state index contributed by atoms with van der Waals surface area (Å²) in [7, 11) is 3.44. The Balaban J connectivity index is 1.64. The molecule has 1 heterocycles. The number of anilines is 1. The highest BCUT2D eigenvalue weighted by atomic mass is 35.5. The van der Waals surface area contributed by atoms with Gasteiger partial charge in [-0.3, -0.25) is 4.79 Å². The van der Waals surface area contributed by atoms with E-state index in [1.54, 1.807) is 33.1 Å². The molecule has 0 saturated carbocycles. The lowest BCUT2D eigenvalue weighted by atomic mass is 10.2. The molecule has 0 aliphatic rings. The first kappa shape index (κ1) is 23.6. The van der Waals surface area contributed by atoms with E-state index in [4.69, 9.17) is 21.1 Å². The van der Waals surface area contributed by atoms with Crippen LogP contribution in [0.2, 0.25) is 5.02 Å². The largest absolute Gasteiger partial charge is 0.497 e. The molecule has 3 aromatic rings. The molecule has 0 atom stereocenters. The maximum absolute atomic E-state index is 12.5. The molecule has 8 nitrogen and oxygen atoms in total. The highest BCUT2D eigenvalue weighted by Gasteiger charge is 2.16. The first-order chi connectivity index (χ1) is 15.3. The van der Waals surface area contributed by atoms with Crippen molar-refractivity contribution in [2.75, 3.05) is 18.2 Å². The molecule has 1 amide bonds. The lowest BCUT2D eigenvalue weighted by molar-refractivity contribution is -0.113. The van der Waals surface area contributed by atoms with Gasteiger partial charge in [-0.25, -0.2) is 4.79 Å². The van der Waals surface area contributed by atoms with Crippen LogP contribution < -0.4 is 10.1 Å². The average molecular weight is 475 g/mol. The van der Waals surface area contributed by atoms with Crippen LogP contribution in [0.5, 0.6) is 5.75 Å². The molecule has 1 N–H and O–H groups in total. The smallest absolute Gasteiger partial charge is 0.338 e. The third-order valence-corrected chi connectivity index (χ3v) is 5.68. The second kappa shape index (κ2) is 10.5. The van der Waals surface area contributed by atoms with Crippen LogP contribution in [0.4, 0.5) is 5.69 Å². The summed E-state index contributed by atoms with van der Waals surface area (Å²) in [5.41, 5.74) is 1.53. The van der Waals surface area contributed by atoms with Gasteiger partial charge in [-0.15, -0.1) is 10.2 Å². The number of ether oxygens (including phenoxy) is 2. The molecule has 32 heavy (non-hydrogen) atoms. The molecule has 1 aromatic heterocycles. The number of rotatable bonds is 8. The van der Waals surface area contributed by atoms with Crippen LogP contribution in [-0.4, -0.2) is 45.6 Å². The first-order valence-corrected chi connectivity index (χ1v) is 11.1. The number of esters is 1. The van der Waals surface area contributed by atoms with Crippen molar-refractivity contribution in [3.05, 3.63) is 53.1 Å². The van der Waals surface area contributed by atoms with E-state index >= 15 is 0 Å². The summed E-state index contributed by atoms with van der Waals surface area (Å²) < 4.78 is 12.2. The quantitative estimate of drug-likeness (QED) is 0.381. The Hall–Kier alpha value is -3.04. The lowest BCUT2D eigenvalue weighted by Gasteiger charge is -2.11. The number of hydrogen-bond donors (Lipinski definition) is 1. The highest BCUT2D eigenvalue weighted by Crippen LogP contribution is 2.26. The van der Waals surface area contributed by atoms with E-state index in [1.807, 2.05) is 35.9 Å². The number of carbonyl (C=O) groups excluding carboxylic acids is 2. The van der Waals surface area contributed by atoms with Gasteiger partial charge in [0.05, 0.1) is 35.2 Å². The molecule has 2 aromatic carbocycles. The van der Waals surface area contributed by atoms with Gasteiger partial charge in [0.1, 0.15) is 5.75 Å². The Bertz CT molecular complexity index is 1120. The Morgan fingerprint density at radius 2 is 1.88 bits per heavy atom. The van der Waals surface area contributed by atoms with Crippen molar-refractivity contribution in [2.45, 2.75) is 25.1 Å². The van der Waals surface area contributed by atoms with E-state index in [0.717, 1.165) is 11.3 Å². The highest BCUT2D eigenvalue weighted by molar-refractivity contribution is 7.99. The summed E-state index contributed by atoms with van der Waals surface area (Å²) in [6, 6.07) is 12.1. The predicted octanol–water partition coefficient (Wildman–Crippen LogP) is 4.44. The van der Waals surface area contributed by atoms with Gasteiger partial charge in [-0.2, -0.15) is 0 Å². The zero-order valence-corrected chi connectivity index (χ0v) is 19.7. The van der Waals surface area contributed by atoms with Crippen molar-refractivity contribution < 1.29 is 19.1 Å². The van der Waals surface area contributed by atoms with Crippen molar-refractivity contribution in [1.82, 2.24) is 14.8 Å². The van der Waals surface area contributed by atoms with Crippen molar-refractivity contribution in [1.29, 1.82) is 0 Å². The van der Waals surface area contributed by atoms with Crippen molar-refractivity contribution >= 4 is 40.9 Å². The molecule has 0 radical (unpaired) electrons. The molecule has 0 aliphatic heterocycles. The lowest BCUT2D eigenvalue weighted by Crippen LogP contribution is -2.16. The molecule has 3 rings (SSSR count). The van der Waals surface area contributed by atoms with E-state index < -0.39 is 5.97 Å². The van der Waals surface area contributed by atoms with E-state index in [-0.39, 0.29) is 17.8 Å². The van der Waals surface area contributed by atoms with Gasteiger partial charge >= 0.3 is 5.97 Å². The van der Waals surface area contributed by atoms with Gasteiger partial charge in [0.15, 0.2) is 11.0 Å². The summed E-state index contributed by atoms with van der Waals surface area (Å²) >= 11 is 7.42. The minimum absolute atomic E-state index is 0.0889. The van der Waals surface area contributed by atoms with Crippen LogP contribution in [0.25, 0.3) is 11.4 Å². The minimum atomic E-state index is -0.480. The summed E-state index contributed by atoms with van der Waals surface area (Å²) in [4.78, 5) is 24.6. The molecule has 10 heteroatoms. The number of amides is 1. The molecule has 0 unspecified atom stereocenters. The maximum Gasteiger partial charge on any atom is 0.338 e. The maximum atomic E-state index is 12.5. The van der Waals surface area contributed by atoms with Crippen LogP contribution in [0, 0.1) is 0 Å². The Labute approximate surface area is 195 Å². The molecular weight excluding hydrogens is 452 g/mol. The molecule has 168 valence electrons. The Morgan fingerprint density at radius 1 is 1.16 bits per heavy atom. The monoisotopic (exact) mass is 474 g/mol. The third kappa shape index (κ3) is 5.80. The molecule has 0 fully saturated rings. The number of hydrogen-bond acceptors (Lipinski definition) is 7. The van der Waals surface area contributed by atoms with Crippen molar-refractivity contribution in [3.8, 4) is 17.1 Å². The summed E-state index contributed by atoms with van der Waals surface area (Å²) in [5.74, 6) is 0.746. The second-order valence-corrected chi connectivity index (χ2v) is 8.43. The van der Waals surface area contributed by atoms with E-state index in [2.05, 4.69) is 15.5 Å². The molecular formula is C22H23ClN4O4S. The van der Waals surface area contributed by atoms with Crippen LogP contribution in [0.15, 0.2) is 47.6 Å². The van der Waals surface area contributed by atoms with Gasteiger partial charge in [0.2, 0.25) is 5.91 Å². The number of carbonyl (C=O) groups is 2. The van der Waals surface area contributed by atoms with E-state index in [9.17, 15) is 9.59 Å². The number of aromatic nitrogens is 3. The SMILES string of the molecule is COc1ccc(-c2nnc(SCC(=O)Nc3cc(C(=O)OC(C)C)ccc3Cl)n2C)cc1. The number of thioether (sulfide) groups is 1. The number of benzene rings is 2. The topological polar surface area (TPSA) is 95.3 Å². The fourth-order valence-electron chi connectivity index (χ4n) is 2.78. The van der Waals surface area contributed by atoms with Crippen molar-refractivity contribution in [3.63, 3.8) is 0 Å². The number of nitrogens with one attached hydrogen (secondary N) is 1. The summed E-state index contributed by atoms with van der Waals surface area (Å²) in [5, 5.41) is 12.0.